The molecule has 2 aromatic carbocycles. The van der Waals surface area contributed by atoms with Crippen molar-refractivity contribution in [2.45, 2.75) is 32.7 Å². The lowest BCUT2D eigenvalue weighted by Gasteiger charge is -2.33. The number of hydrogen-bond acceptors (Lipinski definition) is 8. The third-order valence-electron chi connectivity index (χ3n) is 8.37. The third kappa shape index (κ3) is 7.31. The highest BCUT2D eigenvalue weighted by atomic mass is 79.9. The Hall–Kier alpha value is -4.36. The molecule has 3 aromatic rings. The number of aromatic nitrogens is 1. The van der Waals surface area contributed by atoms with Gasteiger partial charge in [-0.3, -0.25) is 14.5 Å². The minimum Gasteiger partial charge on any atom is -0.497 e. The molecule has 1 saturated heterocycles. The molecule has 2 aliphatic rings. The number of halogens is 1. The summed E-state index contributed by atoms with van der Waals surface area (Å²) >= 11 is 3.61. The summed E-state index contributed by atoms with van der Waals surface area (Å²) in [6.07, 6.45) is 2.67. The number of nitrogens with one attached hydrogen (secondary N) is 2. The fourth-order valence-electron chi connectivity index (χ4n) is 6.09. The number of ether oxygens (including phenoxy) is 3. The first kappa shape index (κ1) is 34.0. The first-order chi connectivity index (χ1) is 22.5. The number of alkyl halides is 1. The van der Waals surface area contributed by atoms with E-state index in [1.807, 2.05) is 43.0 Å². The largest absolute Gasteiger partial charge is 0.497 e. The maximum absolute atomic E-state index is 13.7. The topological polar surface area (TPSA) is 134 Å². The number of piperazine rings is 1. The lowest BCUT2D eigenvalue weighted by Crippen LogP contribution is -2.52. The second kappa shape index (κ2) is 14.6. The highest BCUT2D eigenvalue weighted by molar-refractivity contribution is 9.09. The monoisotopic (exact) mass is 709 g/mol. The summed E-state index contributed by atoms with van der Waals surface area (Å²) in [6, 6.07) is 9.10. The van der Waals surface area contributed by atoms with Crippen LogP contribution in [0.1, 0.15) is 46.9 Å². The van der Waals surface area contributed by atoms with Gasteiger partial charge in [0.15, 0.2) is 5.75 Å². The van der Waals surface area contributed by atoms with E-state index in [-0.39, 0.29) is 36.1 Å². The highest BCUT2D eigenvalue weighted by Gasteiger charge is 2.37. The summed E-state index contributed by atoms with van der Waals surface area (Å²) in [5, 5.41) is 3.99. The van der Waals surface area contributed by atoms with Gasteiger partial charge in [-0.1, -0.05) is 28.1 Å². The number of hydrogen-bond donors (Lipinski definition) is 2. The maximum atomic E-state index is 13.7. The molecule has 0 bridgehead atoms. The van der Waals surface area contributed by atoms with E-state index in [0.717, 1.165) is 11.1 Å². The zero-order valence-corrected chi connectivity index (χ0v) is 28.8. The van der Waals surface area contributed by atoms with Gasteiger partial charge < -0.3 is 34.3 Å². The van der Waals surface area contributed by atoms with Crippen LogP contribution in [0.4, 0.5) is 10.5 Å². The van der Waals surface area contributed by atoms with Gasteiger partial charge in [0.2, 0.25) is 5.91 Å². The van der Waals surface area contributed by atoms with Gasteiger partial charge in [0.25, 0.3) is 5.91 Å². The number of aryl methyl sites for hydroxylation is 1. The molecule has 250 valence electrons. The lowest BCUT2D eigenvalue weighted by atomic mass is 9.95. The highest BCUT2D eigenvalue weighted by Crippen LogP contribution is 2.47. The first-order valence-electron chi connectivity index (χ1n) is 15.5. The Bertz CT molecular complexity index is 1690. The molecular weight excluding hydrogens is 670 g/mol. The number of fused-ring (bicyclic) bond motifs is 3. The number of carbonyl (C=O) groups excluding carboxylic acids is 4. The molecule has 3 heterocycles. The van der Waals surface area contributed by atoms with Crippen LogP contribution in [0.3, 0.4) is 0 Å². The second-order valence-corrected chi connectivity index (χ2v) is 12.6. The van der Waals surface area contributed by atoms with Crippen molar-refractivity contribution in [3.8, 4) is 11.5 Å². The number of H-pyrrole nitrogens is 1. The number of benzene rings is 2. The number of methoxy groups -OCH3 is 2. The van der Waals surface area contributed by atoms with Gasteiger partial charge in [-0.15, -0.1) is 0 Å². The third-order valence-corrected chi connectivity index (χ3v) is 9.15. The van der Waals surface area contributed by atoms with Crippen molar-refractivity contribution in [3.05, 3.63) is 58.8 Å². The van der Waals surface area contributed by atoms with Crippen LogP contribution in [0.2, 0.25) is 0 Å². The predicted octanol–water partition coefficient (Wildman–Crippen LogP) is 4.45. The van der Waals surface area contributed by atoms with Crippen LogP contribution in [0.15, 0.2) is 36.4 Å². The fraction of sp³-hybridized carbons (Fsp3) is 0.412. The van der Waals surface area contributed by atoms with Crippen molar-refractivity contribution >= 4 is 62.5 Å². The molecule has 47 heavy (non-hydrogen) atoms. The van der Waals surface area contributed by atoms with E-state index in [0.29, 0.717) is 71.7 Å². The van der Waals surface area contributed by atoms with Crippen molar-refractivity contribution in [1.29, 1.82) is 0 Å². The van der Waals surface area contributed by atoms with Crippen molar-refractivity contribution < 1.29 is 33.4 Å². The van der Waals surface area contributed by atoms with Crippen LogP contribution < -0.4 is 19.7 Å². The molecule has 5 rings (SSSR count). The van der Waals surface area contributed by atoms with Crippen LogP contribution >= 0.6 is 15.9 Å². The zero-order valence-electron chi connectivity index (χ0n) is 27.2. The molecule has 0 saturated carbocycles. The molecule has 1 atom stereocenters. The second-order valence-electron chi connectivity index (χ2n) is 11.9. The number of amides is 3. The van der Waals surface area contributed by atoms with E-state index in [1.165, 1.54) is 13.2 Å². The maximum Gasteiger partial charge on any atom is 0.415 e. The quantitative estimate of drug-likeness (QED) is 0.189. The molecule has 2 aliphatic heterocycles. The SMILES string of the molecule is COC(=O)c1c(C)[nH]c2c(OC(=O)N3CCN(CC(=O)NC(C)C)CC3)cc3c(c12)[C@H](CBr)CN3C(=O)/C=C/c1ccc(OC)cc1. The van der Waals surface area contributed by atoms with E-state index in [4.69, 9.17) is 14.2 Å². The molecule has 1 fully saturated rings. The molecule has 0 spiro atoms. The van der Waals surface area contributed by atoms with Crippen LogP contribution in [-0.2, 0) is 14.3 Å². The lowest BCUT2D eigenvalue weighted by molar-refractivity contribution is -0.123. The standard InChI is InChI=1S/C34H40BrN5O7/c1-20(2)36-27(41)19-38-12-14-39(15-13-38)34(44)47-26-16-25-30(31-29(33(43)46-5)21(3)37-32(26)31)23(17-35)18-40(25)28(42)11-8-22-6-9-24(45-4)10-7-22/h6-11,16,20,23,37H,12-15,17-19H2,1-5H3,(H,36,41)/b11-8+/t23-/m1/s1. The van der Waals surface area contributed by atoms with Crippen molar-refractivity contribution in [3.63, 3.8) is 0 Å². The number of anilines is 1. The van der Waals surface area contributed by atoms with E-state index >= 15 is 0 Å². The van der Waals surface area contributed by atoms with Gasteiger partial charge in [0.1, 0.15) is 5.75 Å². The molecular formula is C34H40BrN5O7. The van der Waals surface area contributed by atoms with E-state index in [1.54, 1.807) is 36.0 Å². The Morgan fingerprint density at radius 3 is 2.40 bits per heavy atom. The predicted molar refractivity (Wildman–Crippen MR) is 183 cm³/mol. The summed E-state index contributed by atoms with van der Waals surface area (Å²) < 4.78 is 16.4. The Kier molecular flexibility index (Phi) is 10.6. The Morgan fingerprint density at radius 1 is 1.09 bits per heavy atom. The van der Waals surface area contributed by atoms with Gasteiger partial charge in [-0.25, -0.2) is 9.59 Å². The number of aromatic amines is 1. The summed E-state index contributed by atoms with van der Waals surface area (Å²) in [5.74, 6) is -0.0728. The van der Waals surface area contributed by atoms with E-state index in [2.05, 4.69) is 26.2 Å². The number of esters is 1. The summed E-state index contributed by atoms with van der Waals surface area (Å²) in [7, 11) is 2.91. The van der Waals surface area contributed by atoms with Gasteiger partial charge in [0.05, 0.1) is 37.5 Å². The zero-order chi connectivity index (χ0) is 33.8. The molecule has 0 unspecified atom stereocenters. The van der Waals surface area contributed by atoms with Crippen LogP contribution in [-0.4, -0.2) is 104 Å². The summed E-state index contributed by atoms with van der Waals surface area (Å²) in [6.45, 7) is 8.00. The molecule has 1 aromatic heterocycles. The average molecular weight is 711 g/mol. The minimum absolute atomic E-state index is 0.0553. The Labute approximate surface area is 282 Å². The Balaban J connectivity index is 1.45. The fourth-order valence-corrected chi connectivity index (χ4v) is 6.62. The van der Waals surface area contributed by atoms with Crippen molar-refractivity contribution in [1.82, 2.24) is 20.1 Å². The average Bonchev–Trinajstić information content (AvgIpc) is 3.60. The van der Waals surface area contributed by atoms with Crippen LogP contribution in [0.25, 0.3) is 17.0 Å². The molecule has 13 heteroatoms. The van der Waals surface area contributed by atoms with Crippen LogP contribution in [0.5, 0.6) is 11.5 Å². The number of nitrogens with zero attached hydrogens (tertiary/aromatic N) is 3. The summed E-state index contributed by atoms with van der Waals surface area (Å²) in [4.78, 5) is 60.9. The normalized spacial score (nSPS) is 16.5. The molecule has 0 radical (unpaired) electrons. The first-order valence-corrected chi connectivity index (χ1v) is 16.6. The smallest absolute Gasteiger partial charge is 0.415 e. The van der Waals surface area contributed by atoms with Crippen LogP contribution in [0, 0.1) is 6.92 Å². The van der Waals surface area contributed by atoms with Gasteiger partial charge in [0, 0.05) is 73.2 Å². The van der Waals surface area contributed by atoms with Gasteiger partial charge >= 0.3 is 12.1 Å². The molecule has 0 aliphatic carbocycles. The summed E-state index contributed by atoms with van der Waals surface area (Å²) in [5.41, 5.74) is 3.55. The van der Waals surface area contributed by atoms with Crippen molar-refractivity contribution in [2.75, 3.05) is 63.7 Å². The van der Waals surface area contributed by atoms with E-state index < -0.39 is 12.1 Å². The van der Waals surface area contributed by atoms with E-state index in [9.17, 15) is 19.2 Å². The molecule has 2 N–H and O–H groups in total. The molecule has 12 nitrogen and oxygen atoms in total. The minimum atomic E-state index is -0.559. The number of rotatable bonds is 9. The number of carbonyl (C=O) groups is 4. The van der Waals surface area contributed by atoms with Gasteiger partial charge in [-0.05, 0) is 50.1 Å². The van der Waals surface area contributed by atoms with Crippen molar-refractivity contribution in [2.24, 2.45) is 0 Å². The molecule has 3 amide bonds. The Morgan fingerprint density at radius 2 is 1.79 bits per heavy atom. The van der Waals surface area contributed by atoms with Gasteiger partial charge in [-0.2, -0.15) is 0 Å².